The number of fused-ring (bicyclic) bond motifs is 1. The molecule has 3 rings (SSSR count). The number of esters is 1. The molecule has 174 valence electrons. The van der Waals surface area contributed by atoms with Gasteiger partial charge in [-0.1, -0.05) is 24.6 Å². The number of rotatable bonds is 8. The number of aliphatic hydroxyl groups excluding tert-OH is 1. The molecular weight excluding hydrogens is 410 g/mol. The summed E-state index contributed by atoms with van der Waals surface area (Å²) in [6.45, 7) is 10.5. The van der Waals surface area contributed by atoms with E-state index >= 15 is 0 Å². The largest absolute Gasteiger partial charge is 0.511 e. The van der Waals surface area contributed by atoms with Crippen LogP contribution < -0.4 is 4.74 Å². The van der Waals surface area contributed by atoms with Crippen molar-refractivity contribution >= 4 is 17.5 Å². The molecule has 2 atom stereocenters. The fourth-order valence-electron chi connectivity index (χ4n) is 4.79. The number of nitrogens with zero attached hydrogens (tertiary/aromatic N) is 1. The zero-order valence-electron chi connectivity index (χ0n) is 19.6. The lowest BCUT2D eigenvalue weighted by Crippen LogP contribution is -2.36. The third kappa shape index (κ3) is 4.38. The summed E-state index contributed by atoms with van der Waals surface area (Å²) in [6.07, 6.45) is 2.00. The first-order valence-electron chi connectivity index (χ1n) is 11.4. The number of hydrogen-bond donors (Lipinski definition) is 1. The molecule has 1 N–H and O–H groups in total. The molecule has 7 heteroatoms. The number of oxime groups is 1. The smallest absolute Gasteiger partial charge is 0.317 e. The first-order valence-corrected chi connectivity index (χ1v) is 11.4. The van der Waals surface area contributed by atoms with Gasteiger partial charge in [0.25, 0.3) is 0 Å². The number of aryl methyl sites for hydroxylation is 2. The van der Waals surface area contributed by atoms with E-state index in [2.05, 4.69) is 11.2 Å². The van der Waals surface area contributed by atoms with E-state index in [-0.39, 0.29) is 30.1 Å². The topological polar surface area (TPSA) is 94.4 Å². The van der Waals surface area contributed by atoms with Crippen LogP contribution in [-0.4, -0.2) is 42.4 Å². The van der Waals surface area contributed by atoms with Crippen LogP contribution in [0, 0.1) is 19.8 Å². The second kappa shape index (κ2) is 10.2. The van der Waals surface area contributed by atoms with Gasteiger partial charge in [-0.15, -0.1) is 0 Å². The van der Waals surface area contributed by atoms with Gasteiger partial charge in [0.1, 0.15) is 24.0 Å². The van der Waals surface area contributed by atoms with Crippen LogP contribution in [0.3, 0.4) is 0 Å². The van der Waals surface area contributed by atoms with Crippen LogP contribution in [0.2, 0.25) is 0 Å². The van der Waals surface area contributed by atoms with E-state index in [0.717, 1.165) is 34.4 Å². The highest BCUT2D eigenvalue weighted by molar-refractivity contribution is 6.23. The molecule has 0 aromatic heterocycles. The van der Waals surface area contributed by atoms with Crippen LogP contribution in [-0.2, 0) is 25.6 Å². The molecule has 0 fully saturated rings. The first kappa shape index (κ1) is 23.8. The minimum absolute atomic E-state index is 0.0530. The minimum atomic E-state index is -1.01. The molecule has 0 radical (unpaired) electrons. The Hall–Kier alpha value is -2.83. The number of ether oxygens (including phenoxy) is 2. The third-order valence-electron chi connectivity index (χ3n) is 6.08. The van der Waals surface area contributed by atoms with E-state index < -0.39 is 17.8 Å². The normalized spacial score (nSPS) is 20.8. The molecule has 1 aromatic rings. The maximum atomic E-state index is 13.3. The highest BCUT2D eigenvalue weighted by Crippen LogP contribution is 2.47. The zero-order chi connectivity index (χ0) is 23.4. The van der Waals surface area contributed by atoms with E-state index in [0.29, 0.717) is 31.8 Å². The van der Waals surface area contributed by atoms with Gasteiger partial charge in [-0.25, -0.2) is 0 Å². The summed E-state index contributed by atoms with van der Waals surface area (Å²) in [4.78, 5) is 31.6. The Kier molecular flexibility index (Phi) is 7.59. The van der Waals surface area contributed by atoms with Gasteiger partial charge in [0.2, 0.25) is 0 Å². The van der Waals surface area contributed by atoms with Crippen LogP contribution >= 0.6 is 0 Å². The van der Waals surface area contributed by atoms with Crippen molar-refractivity contribution < 1.29 is 29.0 Å². The molecule has 2 aliphatic rings. The lowest BCUT2D eigenvalue weighted by Gasteiger charge is -2.33. The maximum Gasteiger partial charge on any atom is 0.317 e. The number of ketones is 1. The van der Waals surface area contributed by atoms with Crippen LogP contribution in [0.5, 0.6) is 5.75 Å². The molecule has 7 nitrogen and oxygen atoms in total. The van der Waals surface area contributed by atoms with Gasteiger partial charge in [0, 0.05) is 29.9 Å². The monoisotopic (exact) mass is 443 g/mol. The molecule has 2 unspecified atom stereocenters. The van der Waals surface area contributed by atoms with Gasteiger partial charge in [0.05, 0.1) is 24.5 Å². The van der Waals surface area contributed by atoms with Crippen LogP contribution in [0.1, 0.15) is 68.2 Å². The van der Waals surface area contributed by atoms with Crippen molar-refractivity contribution in [2.75, 3.05) is 19.8 Å². The third-order valence-corrected chi connectivity index (χ3v) is 6.08. The quantitative estimate of drug-likeness (QED) is 0.362. The Bertz CT molecular complexity index is 962. The molecule has 32 heavy (non-hydrogen) atoms. The minimum Gasteiger partial charge on any atom is -0.511 e. The van der Waals surface area contributed by atoms with Crippen molar-refractivity contribution in [2.45, 2.75) is 66.2 Å². The summed E-state index contributed by atoms with van der Waals surface area (Å²) in [5.41, 5.74) is 4.41. The van der Waals surface area contributed by atoms with Crippen molar-refractivity contribution in [3.63, 3.8) is 0 Å². The predicted octanol–water partition coefficient (Wildman–Crippen LogP) is 4.48. The highest BCUT2D eigenvalue weighted by atomic mass is 16.6. The number of aliphatic hydroxyl groups is 1. The van der Waals surface area contributed by atoms with Crippen LogP contribution in [0.4, 0.5) is 0 Å². The zero-order valence-corrected chi connectivity index (χ0v) is 19.6. The fourth-order valence-corrected chi connectivity index (χ4v) is 4.79. The second-order valence-electron chi connectivity index (χ2n) is 8.26. The number of allylic oxidation sites excluding steroid dienone is 1. The van der Waals surface area contributed by atoms with Gasteiger partial charge >= 0.3 is 5.97 Å². The maximum absolute atomic E-state index is 13.3. The van der Waals surface area contributed by atoms with Crippen molar-refractivity contribution in [1.82, 2.24) is 0 Å². The molecule has 1 aromatic carbocycles. The number of benzene rings is 1. The van der Waals surface area contributed by atoms with E-state index in [1.165, 1.54) is 0 Å². The lowest BCUT2D eigenvalue weighted by molar-refractivity contribution is -0.148. The number of carbonyl (C=O) groups is 2. The lowest BCUT2D eigenvalue weighted by atomic mass is 9.71. The summed E-state index contributed by atoms with van der Waals surface area (Å²) < 4.78 is 11.3. The summed E-state index contributed by atoms with van der Waals surface area (Å²) in [5, 5.41) is 15.4. The molecule has 0 saturated heterocycles. The number of hydrogen-bond acceptors (Lipinski definition) is 7. The van der Waals surface area contributed by atoms with Crippen LogP contribution in [0.15, 0.2) is 22.6 Å². The van der Waals surface area contributed by atoms with Crippen molar-refractivity contribution in [3.05, 3.63) is 39.7 Å². The summed E-state index contributed by atoms with van der Waals surface area (Å²) in [6, 6.07) is 2.06. The van der Waals surface area contributed by atoms with E-state index in [1.807, 2.05) is 20.8 Å². The van der Waals surface area contributed by atoms with Crippen molar-refractivity contribution in [2.24, 2.45) is 11.1 Å². The first-order chi connectivity index (χ1) is 15.3. The molecular formula is C25H33NO6. The average molecular weight is 444 g/mol. The van der Waals surface area contributed by atoms with Gasteiger partial charge in [-0.2, -0.15) is 0 Å². The molecule has 0 spiro atoms. The molecule has 1 aliphatic carbocycles. The van der Waals surface area contributed by atoms with Crippen molar-refractivity contribution in [1.29, 1.82) is 0 Å². The Morgan fingerprint density at radius 3 is 2.62 bits per heavy atom. The Morgan fingerprint density at radius 2 is 1.97 bits per heavy atom. The molecule has 1 heterocycles. The van der Waals surface area contributed by atoms with Crippen LogP contribution in [0.25, 0.3) is 0 Å². The van der Waals surface area contributed by atoms with Gasteiger partial charge in [-0.3, -0.25) is 9.59 Å². The second-order valence-corrected chi connectivity index (χ2v) is 8.26. The van der Waals surface area contributed by atoms with Gasteiger partial charge in [-0.05, 0) is 45.2 Å². The SMILES string of the molecule is CCCC(=NOCC)C1=C(O)C(C(=O)OCC)C(c2c(C)cc(C)c3c2OCC3)CC1=O. The fraction of sp³-hybridized carbons (Fsp3) is 0.560. The highest BCUT2D eigenvalue weighted by Gasteiger charge is 2.46. The Labute approximate surface area is 189 Å². The molecule has 1 aliphatic heterocycles. The summed E-state index contributed by atoms with van der Waals surface area (Å²) in [5.74, 6) is -1.95. The standard InChI is InChI=1S/C25H33NO6/c1-6-9-18(26-32-8-3)22-19(27)13-17(21(23(22)28)25(29)30-7-2)20-15(5)12-14(4)16-10-11-31-24(16)20/h12,17,21,28H,6-11,13H2,1-5H3. The molecule has 0 bridgehead atoms. The van der Waals surface area contributed by atoms with Gasteiger partial charge in [0.15, 0.2) is 5.78 Å². The Morgan fingerprint density at radius 1 is 1.22 bits per heavy atom. The number of Topliss-reactive ketones (excluding diaryl/α,β-unsaturated/α-hetero) is 1. The number of carbonyl (C=O) groups excluding carboxylic acids is 2. The van der Waals surface area contributed by atoms with Gasteiger partial charge < -0.3 is 19.4 Å². The molecule has 0 saturated carbocycles. The average Bonchev–Trinajstić information content (AvgIpc) is 3.22. The van der Waals surface area contributed by atoms with E-state index in [9.17, 15) is 14.7 Å². The predicted molar refractivity (Wildman–Crippen MR) is 121 cm³/mol. The van der Waals surface area contributed by atoms with E-state index in [4.69, 9.17) is 14.3 Å². The molecule has 0 amide bonds. The van der Waals surface area contributed by atoms with E-state index in [1.54, 1.807) is 13.8 Å². The Balaban J connectivity index is 2.18. The summed E-state index contributed by atoms with van der Waals surface area (Å²) in [7, 11) is 0. The van der Waals surface area contributed by atoms with Crippen molar-refractivity contribution in [3.8, 4) is 5.75 Å². The summed E-state index contributed by atoms with van der Waals surface area (Å²) >= 11 is 0.